The summed E-state index contributed by atoms with van der Waals surface area (Å²) in [4.78, 5) is -0.0527. The standard InChI is InChI=1S/C12H16BrFN2O2S.ClH/c13-11-6-5-10(7-12(11)14)19(17,18)16-9-3-1-8(15)2-4-9;/h5-9,16H,1-4,15H2;1H. The van der Waals surface area contributed by atoms with Gasteiger partial charge >= 0.3 is 0 Å². The molecule has 1 fully saturated rings. The van der Waals surface area contributed by atoms with Crippen molar-refractivity contribution in [2.75, 3.05) is 0 Å². The first-order chi connectivity index (χ1) is 8.88. The number of nitrogens with one attached hydrogen (secondary N) is 1. The SMILES string of the molecule is Cl.NC1CCC(NS(=O)(=O)c2ccc(Br)c(F)c2)CC1. The van der Waals surface area contributed by atoms with E-state index in [9.17, 15) is 12.8 Å². The largest absolute Gasteiger partial charge is 0.328 e. The van der Waals surface area contributed by atoms with Crippen LogP contribution in [0.15, 0.2) is 27.6 Å². The highest BCUT2D eigenvalue weighted by Gasteiger charge is 2.24. The zero-order valence-corrected chi connectivity index (χ0v) is 13.9. The van der Waals surface area contributed by atoms with Crippen LogP contribution in [0.1, 0.15) is 25.7 Å². The fourth-order valence-corrected chi connectivity index (χ4v) is 3.73. The molecule has 114 valence electrons. The van der Waals surface area contributed by atoms with E-state index in [-0.39, 0.29) is 33.9 Å². The number of nitrogens with two attached hydrogens (primary N) is 1. The molecule has 0 unspecified atom stereocenters. The third-order valence-corrected chi connectivity index (χ3v) is 5.46. The Morgan fingerprint density at radius 1 is 1.25 bits per heavy atom. The van der Waals surface area contributed by atoms with Crippen LogP contribution in [-0.2, 0) is 10.0 Å². The van der Waals surface area contributed by atoms with Gasteiger partial charge in [-0.1, -0.05) is 0 Å². The number of hydrogen-bond donors (Lipinski definition) is 2. The molecule has 0 saturated heterocycles. The quantitative estimate of drug-likeness (QED) is 0.837. The molecule has 0 heterocycles. The minimum Gasteiger partial charge on any atom is -0.328 e. The average Bonchev–Trinajstić information content (AvgIpc) is 2.35. The third-order valence-electron chi connectivity index (χ3n) is 3.30. The van der Waals surface area contributed by atoms with Crippen LogP contribution >= 0.6 is 28.3 Å². The second-order valence-electron chi connectivity index (χ2n) is 4.81. The Kier molecular flexibility index (Phi) is 6.40. The predicted octanol–water partition coefficient (Wildman–Crippen LogP) is 2.56. The number of hydrogen-bond acceptors (Lipinski definition) is 3. The van der Waals surface area contributed by atoms with Gasteiger partial charge in [0.15, 0.2) is 0 Å². The lowest BCUT2D eigenvalue weighted by Gasteiger charge is -2.26. The molecule has 1 aliphatic rings. The molecule has 0 amide bonds. The van der Waals surface area contributed by atoms with Crippen molar-refractivity contribution in [1.29, 1.82) is 0 Å². The summed E-state index contributed by atoms with van der Waals surface area (Å²) in [6.45, 7) is 0. The van der Waals surface area contributed by atoms with Crippen molar-refractivity contribution in [1.82, 2.24) is 4.72 Å². The molecule has 1 saturated carbocycles. The maximum Gasteiger partial charge on any atom is 0.240 e. The van der Waals surface area contributed by atoms with Gasteiger partial charge in [0, 0.05) is 12.1 Å². The van der Waals surface area contributed by atoms with Crippen molar-refractivity contribution in [3.05, 3.63) is 28.5 Å². The smallest absolute Gasteiger partial charge is 0.240 e. The van der Waals surface area contributed by atoms with Crippen LogP contribution in [-0.4, -0.2) is 20.5 Å². The normalized spacial score (nSPS) is 23.1. The first-order valence-corrected chi connectivity index (χ1v) is 8.39. The topological polar surface area (TPSA) is 72.2 Å². The second-order valence-corrected chi connectivity index (χ2v) is 7.38. The van der Waals surface area contributed by atoms with E-state index in [2.05, 4.69) is 20.7 Å². The third kappa shape index (κ3) is 4.39. The maximum absolute atomic E-state index is 13.4. The lowest BCUT2D eigenvalue weighted by molar-refractivity contribution is 0.373. The van der Waals surface area contributed by atoms with E-state index >= 15 is 0 Å². The molecule has 20 heavy (non-hydrogen) atoms. The fourth-order valence-electron chi connectivity index (χ4n) is 2.17. The molecule has 2 rings (SSSR count). The van der Waals surface area contributed by atoms with Crippen molar-refractivity contribution in [2.45, 2.75) is 42.7 Å². The highest BCUT2D eigenvalue weighted by atomic mass is 79.9. The maximum atomic E-state index is 13.4. The summed E-state index contributed by atoms with van der Waals surface area (Å²) >= 11 is 3.00. The minimum atomic E-state index is -3.67. The van der Waals surface area contributed by atoms with Crippen LogP contribution in [0.4, 0.5) is 4.39 Å². The summed E-state index contributed by atoms with van der Waals surface area (Å²) in [5, 5.41) is 0. The molecule has 0 atom stereocenters. The van der Waals surface area contributed by atoms with Gasteiger partial charge < -0.3 is 5.73 Å². The highest BCUT2D eigenvalue weighted by molar-refractivity contribution is 9.10. The van der Waals surface area contributed by atoms with Gasteiger partial charge in [0.2, 0.25) is 10.0 Å². The van der Waals surface area contributed by atoms with Crippen LogP contribution in [0.2, 0.25) is 0 Å². The lowest BCUT2D eigenvalue weighted by atomic mass is 9.93. The zero-order valence-electron chi connectivity index (χ0n) is 10.7. The number of rotatable bonds is 3. The van der Waals surface area contributed by atoms with Gasteiger partial charge in [0.1, 0.15) is 5.82 Å². The summed E-state index contributed by atoms with van der Waals surface area (Å²) in [5.74, 6) is -0.589. The van der Waals surface area contributed by atoms with E-state index in [1.54, 1.807) is 0 Å². The van der Waals surface area contributed by atoms with Crippen LogP contribution in [0.3, 0.4) is 0 Å². The Labute approximate surface area is 132 Å². The van der Waals surface area contributed by atoms with Gasteiger partial charge in [0.05, 0.1) is 9.37 Å². The van der Waals surface area contributed by atoms with Crippen molar-refractivity contribution >= 4 is 38.4 Å². The number of sulfonamides is 1. The Balaban J connectivity index is 0.00000200. The van der Waals surface area contributed by atoms with Crippen molar-refractivity contribution in [2.24, 2.45) is 5.73 Å². The molecule has 1 aliphatic carbocycles. The van der Waals surface area contributed by atoms with Crippen LogP contribution < -0.4 is 10.5 Å². The second kappa shape index (κ2) is 7.17. The monoisotopic (exact) mass is 386 g/mol. The first kappa shape index (κ1) is 17.8. The summed E-state index contributed by atoms with van der Waals surface area (Å²) in [7, 11) is -3.67. The van der Waals surface area contributed by atoms with Crippen LogP contribution in [0.25, 0.3) is 0 Å². The van der Waals surface area contributed by atoms with E-state index in [0.717, 1.165) is 31.7 Å². The molecular formula is C12H17BrClFN2O2S. The molecule has 0 bridgehead atoms. The van der Waals surface area contributed by atoms with Crippen LogP contribution in [0, 0.1) is 5.82 Å². The molecular weight excluding hydrogens is 371 g/mol. The zero-order chi connectivity index (χ0) is 14.0. The molecule has 8 heteroatoms. The Morgan fingerprint density at radius 2 is 1.85 bits per heavy atom. The number of benzene rings is 1. The average molecular weight is 388 g/mol. The lowest BCUT2D eigenvalue weighted by Crippen LogP contribution is -2.40. The Hall–Kier alpha value is -0.210. The molecule has 4 nitrogen and oxygen atoms in total. The fraction of sp³-hybridized carbons (Fsp3) is 0.500. The predicted molar refractivity (Wildman–Crippen MR) is 81.9 cm³/mol. The summed E-state index contributed by atoms with van der Waals surface area (Å²) in [6, 6.07) is 3.83. The van der Waals surface area contributed by atoms with Gasteiger partial charge in [-0.05, 0) is 59.8 Å². The molecule has 0 radical (unpaired) electrons. The van der Waals surface area contributed by atoms with Gasteiger partial charge in [0.25, 0.3) is 0 Å². The summed E-state index contributed by atoms with van der Waals surface area (Å²) < 4.78 is 40.5. The molecule has 3 N–H and O–H groups in total. The van der Waals surface area contributed by atoms with E-state index in [1.165, 1.54) is 12.1 Å². The van der Waals surface area contributed by atoms with Gasteiger partial charge in [-0.25, -0.2) is 17.5 Å². The van der Waals surface area contributed by atoms with Crippen LogP contribution in [0.5, 0.6) is 0 Å². The van der Waals surface area contributed by atoms with E-state index in [4.69, 9.17) is 5.73 Å². The summed E-state index contributed by atoms with van der Waals surface area (Å²) in [5.41, 5.74) is 5.78. The molecule has 1 aromatic rings. The Morgan fingerprint density at radius 3 is 2.40 bits per heavy atom. The number of halogens is 3. The van der Waals surface area contributed by atoms with Crippen molar-refractivity contribution in [3.63, 3.8) is 0 Å². The minimum absolute atomic E-state index is 0. The summed E-state index contributed by atoms with van der Waals surface area (Å²) in [6.07, 6.45) is 3.06. The molecule has 1 aromatic carbocycles. The van der Waals surface area contributed by atoms with Gasteiger partial charge in [-0.2, -0.15) is 0 Å². The van der Waals surface area contributed by atoms with E-state index < -0.39 is 15.8 Å². The van der Waals surface area contributed by atoms with E-state index in [1.807, 2.05) is 0 Å². The van der Waals surface area contributed by atoms with Gasteiger partial charge in [-0.3, -0.25) is 0 Å². The van der Waals surface area contributed by atoms with Gasteiger partial charge in [-0.15, -0.1) is 12.4 Å². The highest BCUT2D eigenvalue weighted by Crippen LogP contribution is 2.22. The molecule has 0 spiro atoms. The molecule has 0 aliphatic heterocycles. The molecule has 0 aromatic heterocycles. The van der Waals surface area contributed by atoms with E-state index in [0.29, 0.717) is 0 Å². The van der Waals surface area contributed by atoms with Crippen molar-refractivity contribution in [3.8, 4) is 0 Å². The Bertz CT molecular complexity index is 563. The van der Waals surface area contributed by atoms with Crippen molar-refractivity contribution < 1.29 is 12.8 Å². The first-order valence-electron chi connectivity index (χ1n) is 6.11.